The Labute approximate surface area is 138 Å². The number of aromatic nitrogens is 1. The van der Waals surface area contributed by atoms with Crippen LogP contribution >= 0.6 is 11.6 Å². The van der Waals surface area contributed by atoms with Gasteiger partial charge in [0.2, 0.25) is 0 Å². The Hall–Kier alpha value is -1.35. The molecule has 1 aromatic heterocycles. The molecule has 1 aromatic rings. The van der Waals surface area contributed by atoms with Crippen LogP contribution in [0.5, 0.6) is 0 Å². The van der Waals surface area contributed by atoms with E-state index in [0.717, 1.165) is 30.0 Å². The van der Waals surface area contributed by atoms with Gasteiger partial charge in [-0.25, -0.2) is 4.39 Å². The summed E-state index contributed by atoms with van der Waals surface area (Å²) in [5, 5.41) is 4.06. The number of halogens is 2. The van der Waals surface area contributed by atoms with Gasteiger partial charge in [-0.05, 0) is 31.4 Å². The van der Waals surface area contributed by atoms with Gasteiger partial charge in [0, 0.05) is 16.6 Å². The van der Waals surface area contributed by atoms with E-state index in [1.165, 1.54) is 12.3 Å². The van der Waals surface area contributed by atoms with Crippen LogP contribution < -0.4 is 5.32 Å². The number of pyridine rings is 1. The van der Waals surface area contributed by atoms with Crippen LogP contribution in [0, 0.1) is 17.7 Å². The third-order valence-electron chi connectivity index (χ3n) is 3.99. The Kier molecular flexibility index (Phi) is 7.60. The van der Waals surface area contributed by atoms with Gasteiger partial charge in [0.1, 0.15) is 5.82 Å². The Morgan fingerprint density at radius 3 is 2.55 bits per heavy atom. The van der Waals surface area contributed by atoms with Crippen molar-refractivity contribution < 1.29 is 4.39 Å². The van der Waals surface area contributed by atoms with Gasteiger partial charge in [0.15, 0.2) is 0 Å². The average Bonchev–Trinajstić information content (AvgIpc) is 2.50. The van der Waals surface area contributed by atoms with Crippen LogP contribution in [-0.2, 0) is 0 Å². The predicted octanol–water partition coefficient (Wildman–Crippen LogP) is 5.71. The SMILES string of the molecule is C=C(N/C(=C(\C)Cl)[C@@H](CCC)[C@H](C)CC)c1ccc(F)cn1. The van der Waals surface area contributed by atoms with E-state index in [-0.39, 0.29) is 5.82 Å². The first-order valence-corrected chi connectivity index (χ1v) is 8.22. The van der Waals surface area contributed by atoms with Gasteiger partial charge in [-0.2, -0.15) is 0 Å². The number of hydrogen-bond acceptors (Lipinski definition) is 2. The topological polar surface area (TPSA) is 24.9 Å². The fourth-order valence-electron chi connectivity index (χ4n) is 2.52. The molecule has 0 aliphatic rings. The van der Waals surface area contributed by atoms with E-state index >= 15 is 0 Å². The maximum Gasteiger partial charge on any atom is 0.141 e. The average molecular weight is 325 g/mol. The second kappa shape index (κ2) is 8.94. The third kappa shape index (κ3) is 5.13. The van der Waals surface area contributed by atoms with Gasteiger partial charge < -0.3 is 5.32 Å². The van der Waals surface area contributed by atoms with Crippen LogP contribution in [0.15, 0.2) is 35.6 Å². The minimum atomic E-state index is -0.357. The number of nitrogens with one attached hydrogen (secondary N) is 1. The Bertz CT molecular complexity index is 518. The molecule has 22 heavy (non-hydrogen) atoms. The molecule has 0 aromatic carbocycles. The highest BCUT2D eigenvalue weighted by Gasteiger charge is 2.22. The van der Waals surface area contributed by atoms with Crippen molar-refractivity contribution in [2.45, 2.75) is 47.0 Å². The largest absolute Gasteiger partial charge is 0.356 e. The van der Waals surface area contributed by atoms with Crippen LogP contribution in [0.1, 0.15) is 52.7 Å². The molecule has 0 bridgehead atoms. The van der Waals surface area contributed by atoms with Crippen molar-refractivity contribution in [2.75, 3.05) is 0 Å². The molecule has 1 N–H and O–H groups in total. The van der Waals surface area contributed by atoms with E-state index in [9.17, 15) is 4.39 Å². The summed E-state index contributed by atoms with van der Waals surface area (Å²) >= 11 is 6.33. The molecular formula is C18H26ClFN2. The maximum absolute atomic E-state index is 13.0. The Morgan fingerprint density at radius 2 is 2.09 bits per heavy atom. The number of allylic oxidation sites excluding steroid dienone is 2. The molecular weight excluding hydrogens is 299 g/mol. The molecule has 0 radical (unpaired) electrons. The zero-order valence-electron chi connectivity index (χ0n) is 13.9. The molecule has 1 heterocycles. The molecule has 0 fully saturated rings. The second-order valence-electron chi connectivity index (χ2n) is 5.69. The lowest BCUT2D eigenvalue weighted by molar-refractivity contribution is 0.361. The van der Waals surface area contributed by atoms with E-state index < -0.39 is 0 Å². The van der Waals surface area contributed by atoms with Crippen molar-refractivity contribution in [1.29, 1.82) is 0 Å². The number of nitrogens with zero attached hydrogens (tertiary/aromatic N) is 1. The van der Waals surface area contributed by atoms with E-state index in [1.54, 1.807) is 6.07 Å². The zero-order chi connectivity index (χ0) is 16.7. The summed E-state index contributed by atoms with van der Waals surface area (Å²) in [5.74, 6) is 0.513. The van der Waals surface area contributed by atoms with E-state index in [4.69, 9.17) is 11.6 Å². The lowest BCUT2D eigenvalue weighted by Crippen LogP contribution is -2.25. The number of hydrogen-bond donors (Lipinski definition) is 1. The summed E-state index contributed by atoms with van der Waals surface area (Å²) in [5.41, 5.74) is 2.25. The summed E-state index contributed by atoms with van der Waals surface area (Å²) in [4.78, 5) is 4.06. The Morgan fingerprint density at radius 1 is 1.41 bits per heavy atom. The normalized spacial score (nSPS) is 15.0. The minimum absolute atomic E-state index is 0.352. The molecule has 0 saturated heterocycles. The molecule has 1 rings (SSSR count). The van der Waals surface area contributed by atoms with Crippen LogP contribution in [0.3, 0.4) is 0 Å². The van der Waals surface area contributed by atoms with Gasteiger partial charge in [-0.3, -0.25) is 4.98 Å². The van der Waals surface area contributed by atoms with Crippen molar-refractivity contribution in [1.82, 2.24) is 10.3 Å². The van der Waals surface area contributed by atoms with Crippen molar-refractivity contribution in [3.8, 4) is 0 Å². The highest BCUT2D eigenvalue weighted by molar-refractivity contribution is 6.29. The van der Waals surface area contributed by atoms with Gasteiger partial charge >= 0.3 is 0 Å². The molecule has 0 unspecified atom stereocenters. The van der Waals surface area contributed by atoms with Crippen molar-refractivity contribution in [3.63, 3.8) is 0 Å². The smallest absolute Gasteiger partial charge is 0.141 e. The third-order valence-corrected chi connectivity index (χ3v) is 4.20. The van der Waals surface area contributed by atoms with E-state index in [1.807, 2.05) is 6.92 Å². The first kappa shape index (κ1) is 18.7. The monoisotopic (exact) mass is 324 g/mol. The van der Waals surface area contributed by atoms with Crippen molar-refractivity contribution >= 4 is 17.3 Å². The summed E-state index contributed by atoms with van der Waals surface area (Å²) in [6.45, 7) is 12.5. The molecule has 122 valence electrons. The molecule has 2 nitrogen and oxygen atoms in total. The highest BCUT2D eigenvalue weighted by Crippen LogP contribution is 2.30. The lowest BCUT2D eigenvalue weighted by Gasteiger charge is -2.28. The summed E-state index contributed by atoms with van der Waals surface area (Å²) in [7, 11) is 0. The summed E-state index contributed by atoms with van der Waals surface area (Å²) < 4.78 is 13.0. The van der Waals surface area contributed by atoms with Crippen molar-refractivity contribution in [2.24, 2.45) is 11.8 Å². The van der Waals surface area contributed by atoms with Gasteiger partial charge in [0.05, 0.1) is 17.6 Å². The van der Waals surface area contributed by atoms with Crippen LogP contribution in [-0.4, -0.2) is 4.98 Å². The Balaban J connectivity index is 2.99. The minimum Gasteiger partial charge on any atom is -0.356 e. The predicted molar refractivity (Wildman–Crippen MR) is 92.8 cm³/mol. The lowest BCUT2D eigenvalue weighted by atomic mass is 9.85. The van der Waals surface area contributed by atoms with Gasteiger partial charge in [0.25, 0.3) is 0 Å². The molecule has 0 amide bonds. The second-order valence-corrected chi connectivity index (χ2v) is 6.26. The number of rotatable bonds is 8. The quantitative estimate of drug-likeness (QED) is 0.662. The maximum atomic E-state index is 13.0. The van der Waals surface area contributed by atoms with Crippen LogP contribution in [0.25, 0.3) is 5.70 Å². The molecule has 2 atom stereocenters. The standard InChI is InChI=1S/C18H26ClFN2/c1-6-8-16(12(3)7-2)18(13(4)19)22-14(5)17-10-9-15(20)11-21-17/h9-12,16,22H,5-8H2,1-4H3/b18-13+/t12-,16+/m1/s1. The molecule has 0 spiro atoms. The summed E-state index contributed by atoms with van der Waals surface area (Å²) in [6.07, 6.45) is 4.43. The fourth-order valence-corrected chi connectivity index (χ4v) is 2.71. The zero-order valence-corrected chi connectivity index (χ0v) is 14.7. The fraction of sp³-hybridized carbons (Fsp3) is 0.500. The van der Waals surface area contributed by atoms with Crippen LogP contribution in [0.2, 0.25) is 0 Å². The first-order valence-electron chi connectivity index (χ1n) is 7.84. The molecule has 0 saturated carbocycles. The van der Waals surface area contributed by atoms with Gasteiger partial charge in [-0.15, -0.1) is 0 Å². The summed E-state index contributed by atoms with van der Waals surface area (Å²) in [6, 6.07) is 2.99. The van der Waals surface area contributed by atoms with E-state index in [2.05, 4.69) is 37.7 Å². The van der Waals surface area contributed by atoms with Gasteiger partial charge in [-0.1, -0.05) is 51.8 Å². The van der Waals surface area contributed by atoms with Crippen molar-refractivity contribution in [3.05, 3.63) is 47.1 Å². The van der Waals surface area contributed by atoms with E-state index in [0.29, 0.717) is 23.2 Å². The molecule has 0 aliphatic carbocycles. The molecule has 4 heteroatoms. The first-order chi connectivity index (χ1) is 10.4. The highest BCUT2D eigenvalue weighted by atomic mass is 35.5. The van der Waals surface area contributed by atoms with Crippen LogP contribution in [0.4, 0.5) is 4.39 Å². The molecule has 0 aliphatic heterocycles.